The maximum atomic E-state index is 12.0. The number of nitrogens with zero attached hydrogens (tertiary/aromatic N) is 6. The Kier molecular flexibility index (Phi) is 4.07. The van der Waals surface area contributed by atoms with Gasteiger partial charge in [0.1, 0.15) is 0 Å². The minimum absolute atomic E-state index is 0.113. The zero-order valence-electron chi connectivity index (χ0n) is 13.6. The van der Waals surface area contributed by atoms with Crippen LogP contribution in [0.15, 0.2) is 16.2 Å². The first-order valence-corrected chi connectivity index (χ1v) is 9.54. The van der Waals surface area contributed by atoms with Crippen LogP contribution in [0.2, 0.25) is 0 Å². The van der Waals surface area contributed by atoms with E-state index in [0.717, 1.165) is 54.3 Å². The molecule has 126 valence electrons. The normalized spacial score (nSPS) is 16.2. The van der Waals surface area contributed by atoms with Crippen LogP contribution in [0.1, 0.15) is 16.4 Å². The summed E-state index contributed by atoms with van der Waals surface area (Å²) in [6.45, 7) is 8.50. The maximum Gasteiger partial charge on any atom is 0.275 e. The highest BCUT2D eigenvalue weighted by Gasteiger charge is 2.21. The first-order valence-electron chi connectivity index (χ1n) is 7.84. The molecule has 0 spiro atoms. The van der Waals surface area contributed by atoms with E-state index in [-0.39, 0.29) is 5.56 Å². The number of rotatable bonds is 3. The summed E-state index contributed by atoms with van der Waals surface area (Å²) < 4.78 is 1.40. The molecule has 0 saturated carbocycles. The van der Waals surface area contributed by atoms with Crippen molar-refractivity contribution in [2.75, 3.05) is 31.1 Å². The Morgan fingerprint density at radius 2 is 1.96 bits per heavy atom. The van der Waals surface area contributed by atoms with Crippen molar-refractivity contribution in [3.63, 3.8) is 0 Å². The number of hydrogen-bond acceptors (Lipinski definition) is 8. The summed E-state index contributed by atoms with van der Waals surface area (Å²) in [5, 5.41) is 8.57. The van der Waals surface area contributed by atoms with Crippen LogP contribution in [0.3, 0.4) is 0 Å². The van der Waals surface area contributed by atoms with Gasteiger partial charge in [0.15, 0.2) is 0 Å². The van der Waals surface area contributed by atoms with Crippen LogP contribution in [0.4, 0.5) is 5.13 Å². The molecule has 1 saturated heterocycles. The van der Waals surface area contributed by atoms with E-state index in [0.29, 0.717) is 4.96 Å². The van der Waals surface area contributed by atoms with E-state index in [4.69, 9.17) is 0 Å². The molecule has 0 amide bonds. The van der Waals surface area contributed by atoms with Gasteiger partial charge in [0.2, 0.25) is 10.1 Å². The molecule has 24 heavy (non-hydrogen) atoms. The molecule has 3 aromatic heterocycles. The summed E-state index contributed by atoms with van der Waals surface area (Å²) in [7, 11) is 0. The molecular weight excluding hydrogens is 344 g/mol. The standard InChI is InChI=1S/C15H18N6OS2/c1-10-7-13(22)21-14(16-10)24-15(18-21)20-5-3-19(4-6-20)8-12-9-23-11(2)17-12/h7,9H,3-6,8H2,1-2H3. The van der Waals surface area contributed by atoms with Crippen molar-refractivity contribution >= 4 is 32.8 Å². The third-order valence-corrected chi connectivity index (χ3v) is 5.85. The molecule has 0 radical (unpaired) electrons. The number of aromatic nitrogens is 4. The second kappa shape index (κ2) is 6.23. The summed E-state index contributed by atoms with van der Waals surface area (Å²) in [6.07, 6.45) is 0. The number of thiazole rings is 1. The number of anilines is 1. The van der Waals surface area contributed by atoms with Crippen molar-refractivity contribution in [3.8, 4) is 0 Å². The Balaban J connectivity index is 1.46. The van der Waals surface area contributed by atoms with Gasteiger partial charge in [-0.05, 0) is 13.8 Å². The molecule has 3 aromatic rings. The molecule has 1 aliphatic rings. The van der Waals surface area contributed by atoms with Gasteiger partial charge in [-0.25, -0.2) is 9.97 Å². The van der Waals surface area contributed by atoms with E-state index < -0.39 is 0 Å². The summed E-state index contributed by atoms with van der Waals surface area (Å²) in [4.78, 5) is 26.2. The third kappa shape index (κ3) is 3.06. The predicted octanol–water partition coefficient (Wildman–Crippen LogP) is 1.55. The molecule has 7 nitrogen and oxygen atoms in total. The van der Waals surface area contributed by atoms with E-state index in [1.54, 1.807) is 11.3 Å². The van der Waals surface area contributed by atoms with Crippen LogP contribution in [0.5, 0.6) is 0 Å². The highest BCUT2D eigenvalue weighted by molar-refractivity contribution is 7.20. The Morgan fingerprint density at radius 3 is 2.67 bits per heavy atom. The van der Waals surface area contributed by atoms with Gasteiger partial charge in [0, 0.05) is 49.9 Å². The van der Waals surface area contributed by atoms with Gasteiger partial charge in [-0.15, -0.1) is 16.4 Å². The highest BCUT2D eigenvalue weighted by Crippen LogP contribution is 2.23. The lowest BCUT2D eigenvalue weighted by molar-refractivity contribution is 0.247. The summed E-state index contributed by atoms with van der Waals surface area (Å²) in [5.41, 5.74) is 1.77. The second-order valence-corrected chi connectivity index (χ2v) is 7.93. The fraction of sp³-hybridized carbons (Fsp3) is 0.467. The number of fused-ring (bicyclic) bond motifs is 1. The quantitative estimate of drug-likeness (QED) is 0.704. The lowest BCUT2D eigenvalue weighted by atomic mass is 10.3. The van der Waals surface area contributed by atoms with Crippen molar-refractivity contribution in [1.82, 2.24) is 24.5 Å². The van der Waals surface area contributed by atoms with Crippen molar-refractivity contribution < 1.29 is 0 Å². The molecule has 0 atom stereocenters. The molecule has 9 heteroatoms. The molecule has 1 aliphatic heterocycles. The van der Waals surface area contributed by atoms with Gasteiger partial charge in [0.25, 0.3) is 5.56 Å². The van der Waals surface area contributed by atoms with Crippen LogP contribution >= 0.6 is 22.7 Å². The Bertz CT molecular complexity index is 922. The first-order chi connectivity index (χ1) is 11.6. The molecule has 0 N–H and O–H groups in total. The van der Waals surface area contributed by atoms with Crippen molar-refractivity contribution in [3.05, 3.63) is 38.2 Å². The molecule has 0 unspecified atom stereocenters. The molecule has 1 fully saturated rings. The minimum Gasteiger partial charge on any atom is -0.344 e. The average Bonchev–Trinajstić information content (AvgIpc) is 3.14. The van der Waals surface area contributed by atoms with E-state index in [9.17, 15) is 4.79 Å². The van der Waals surface area contributed by atoms with Crippen LogP contribution in [0, 0.1) is 13.8 Å². The predicted molar refractivity (Wildman–Crippen MR) is 96.2 cm³/mol. The molecule has 0 bridgehead atoms. The van der Waals surface area contributed by atoms with E-state index in [1.807, 2.05) is 13.8 Å². The largest absolute Gasteiger partial charge is 0.344 e. The van der Waals surface area contributed by atoms with Crippen LogP contribution in [-0.2, 0) is 6.54 Å². The van der Waals surface area contributed by atoms with Crippen LogP contribution in [-0.4, -0.2) is 50.7 Å². The summed E-state index contributed by atoms with van der Waals surface area (Å²) >= 11 is 3.18. The van der Waals surface area contributed by atoms with Gasteiger partial charge in [-0.2, -0.15) is 4.52 Å². The molecule has 0 aromatic carbocycles. The van der Waals surface area contributed by atoms with E-state index in [2.05, 4.69) is 30.2 Å². The fourth-order valence-corrected chi connectivity index (χ4v) is 4.45. The lowest BCUT2D eigenvalue weighted by Gasteiger charge is -2.33. The molecule has 4 heterocycles. The number of aryl methyl sites for hydroxylation is 2. The van der Waals surface area contributed by atoms with Gasteiger partial charge in [-0.3, -0.25) is 9.69 Å². The van der Waals surface area contributed by atoms with E-state index >= 15 is 0 Å². The monoisotopic (exact) mass is 362 g/mol. The van der Waals surface area contributed by atoms with Crippen molar-refractivity contribution in [1.29, 1.82) is 0 Å². The zero-order valence-corrected chi connectivity index (χ0v) is 15.2. The van der Waals surface area contributed by atoms with E-state index in [1.165, 1.54) is 21.9 Å². The first kappa shape index (κ1) is 15.7. The number of piperazine rings is 1. The van der Waals surface area contributed by atoms with Crippen molar-refractivity contribution in [2.45, 2.75) is 20.4 Å². The Labute approximate surface area is 147 Å². The molecular formula is C15H18N6OS2. The fourth-order valence-electron chi connectivity index (χ4n) is 2.85. The highest BCUT2D eigenvalue weighted by atomic mass is 32.1. The van der Waals surface area contributed by atoms with Gasteiger partial charge in [-0.1, -0.05) is 11.3 Å². The van der Waals surface area contributed by atoms with Crippen LogP contribution < -0.4 is 10.5 Å². The topological polar surface area (TPSA) is 66.6 Å². The van der Waals surface area contributed by atoms with Gasteiger partial charge < -0.3 is 4.90 Å². The Hall–Kier alpha value is -1.84. The zero-order chi connectivity index (χ0) is 16.7. The van der Waals surface area contributed by atoms with Crippen molar-refractivity contribution in [2.24, 2.45) is 0 Å². The second-order valence-electron chi connectivity index (χ2n) is 5.94. The smallest absolute Gasteiger partial charge is 0.275 e. The SMILES string of the molecule is Cc1cc(=O)n2nc(N3CCN(Cc4csc(C)n4)CC3)sc2n1. The minimum atomic E-state index is -0.113. The lowest BCUT2D eigenvalue weighted by Crippen LogP contribution is -2.46. The molecule has 0 aliphatic carbocycles. The Morgan fingerprint density at radius 1 is 1.17 bits per heavy atom. The van der Waals surface area contributed by atoms with Crippen LogP contribution in [0.25, 0.3) is 4.96 Å². The number of hydrogen-bond donors (Lipinski definition) is 0. The summed E-state index contributed by atoms with van der Waals surface area (Å²) in [6, 6.07) is 1.52. The summed E-state index contributed by atoms with van der Waals surface area (Å²) in [5.74, 6) is 0. The average molecular weight is 362 g/mol. The molecule has 4 rings (SSSR count). The van der Waals surface area contributed by atoms with Gasteiger partial charge >= 0.3 is 0 Å². The maximum absolute atomic E-state index is 12.0. The van der Waals surface area contributed by atoms with Gasteiger partial charge in [0.05, 0.1) is 10.7 Å². The third-order valence-electron chi connectivity index (χ3n) is 4.06.